The number of carbonyl (C=O) groups excluding carboxylic acids is 2. The average molecular weight is 535 g/mol. The number of rotatable bonds is 5. The van der Waals surface area contributed by atoms with E-state index in [2.05, 4.69) is 6.07 Å². The number of hydrogen-bond donors (Lipinski definition) is 0. The van der Waals surface area contributed by atoms with Gasteiger partial charge in [0.1, 0.15) is 0 Å². The molecule has 0 spiro atoms. The van der Waals surface area contributed by atoms with Gasteiger partial charge in [-0.05, 0) is 49.8 Å². The van der Waals surface area contributed by atoms with E-state index in [1.54, 1.807) is 35.2 Å². The quantitative estimate of drug-likeness (QED) is 0.585. The summed E-state index contributed by atoms with van der Waals surface area (Å²) in [7, 11) is -3.80. The van der Waals surface area contributed by atoms with E-state index in [4.69, 9.17) is 5.26 Å². The third-order valence-corrected chi connectivity index (χ3v) is 10.1. The van der Waals surface area contributed by atoms with Gasteiger partial charge in [-0.15, -0.1) is 0 Å². The summed E-state index contributed by atoms with van der Waals surface area (Å²) >= 11 is 0. The van der Waals surface area contributed by atoms with Gasteiger partial charge in [0.25, 0.3) is 0 Å². The van der Waals surface area contributed by atoms with Gasteiger partial charge in [-0.25, -0.2) is 8.42 Å². The molecule has 2 aromatic rings. The van der Waals surface area contributed by atoms with E-state index in [9.17, 15) is 18.0 Å². The highest BCUT2D eigenvalue weighted by Crippen LogP contribution is 2.38. The second-order valence-corrected chi connectivity index (χ2v) is 12.5. The van der Waals surface area contributed by atoms with E-state index in [-0.39, 0.29) is 41.1 Å². The molecule has 200 valence electrons. The molecule has 3 atom stereocenters. The van der Waals surface area contributed by atoms with Crippen LogP contribution in [0.1, 0.15) is 43.7 Å². The van der Waals surface area contributed by atoms with Crippen LogP contribution in [0.4, 0.5) is 0 Å². The highest BCUT2D eigenvalue weighted by atomic mass is 32.2. The molecule has 2 aromatic carbocycles. The van der Waals surface area contributed by atoms with E-state index < -0.39 is 15.9 Å². The molecule has 3 aliphatic heterocycles. The molecule has 38 heavy (non-hydrogen) atoms. The van der Waals surface area contributed by atoms with Gasteiger partial charge in [-0.2, -0.15) is 9.57 Å². The van der Waals surface area contributed by atoms with E-state index in [1.807, 2.05) is 35.2 Å². The lowest BCUT2D eigenvalue weighted by atomic mass is 9.88. The molecule has 0 saturated carbocycles. The Morgan fingerprint density at radius 3 is 1.97 bits per heavy atom. The van der Waals surface area contributed by atoms with E-state index in [1.165, 1.54) is 4.31 Å². The van der Waals surface area contributed by atoms with Gasteiger partial charge >= 0.3 is 0 Å². The Balaban J connectivity index is 1.27. The van der Waals surface area contributed by atoms with Crippen molar-refractivity contribution in [1.82, 2.24) is 14.1 Å². The first kappa shape index (κ1) is 26.4. The molecule has 9 heteroatoms. The second-order valence-electron chi connectivity index (χ2n) is 10.6. The largest absolute Gasteiger partial charge is 0.342 e. The van der Waals surface area contributed by atoms with Crippen molar-refractivity contribution in [1.29, 1.82) is 5.26 Å². The number of benzene rings is 2. The SMILES string of the molecule is N#CC1CCN(C(=O)C2CCN(C(=O)C3CCC(c4ccccc4)N(S(=O)(=O)c4ccccc4)C3)CC2)C1. The van der Waals surface area contributed by atoms with Gasteiger partial charge in [0.2, 0.25) is 21.8 Å². The van der Waals surface area contributed by atoms with Crippen LogP contribution in [0.15, 0.2) is 65.6 Å². The maximum atomic E-state index is 13.7. The first-order valence-corrected chi connectivity index (χ1v) is 14.9. The predicted octanol–water partition coefficient (Wildman–Crippen LogP) is 3.44. The standard InChI is InChI=1S/C29H34N4O4S/c30-19-22-13-16-32(20-22)28(34)24-14-17-31(18-15-24)29(35)25-11-12-27(23-7-3-1-4-8-23)33(21-25)38(36,37)26-9-5-2-6-10-26/h1-10,22,24-25,27H,11-18,20-21H2. The Morgan fingerprint density at radius 1 is 0.737 bits per heavy atom. The monoisotopic (exact) mass is 534 g/mol. The van der Waals surface area contributed by atoms with E-state index in [0.29, 0.717) is 51.9 Å². The summed E-state index contributed by atoms with van der Waals surface area (Å²) in [5.74, 6) is -0.558. The van der Waals surface area contributed by atoms with Crippen LogP contribution in [0.2, 0.25) is 0 Å². The predicted molar refractivity (Wildman–Crippen MR) is 142 cm³/mol. The Morgan fingerprint density at radius 2 is 1.34 bits per heavy atom. The summed E-state index contributed by atoms with van der Waals surface area (Å²) in [5, 5.41) is 9.14. The zero-order valence-corrected chi connectivity index (χ0v) is 22.3. The molecule has 0 aliphatic carbocycles. The van der Waals surface area contributed by atoms with Crippen molar-refractivity contribution in [2.75, 3.05) is 32.7 Å². The van der Waals surface area contributed by atoms with Gasteiger partial charge in [-0.3, -0.25) is 9.59 Å². The molecular weight excluding hydrogens is 500 g/mol. The van der Waals surface area contributed by atoms with E-state index >= 15 is 0 Å². The first-order chi connectivity index (χ1) is 18.4. The molecule has 8 nitrogen and oxygen atoms in total. The van der Waals surface area contributed by atoms with Crippen molar-refractivity contribution in [3.05, 3.63) is 66.2 Å². The molecule has 3 saturated heterocycles. The fourth-order valence-electron chi connectivity index (χ4n) is 6.07. The van der Waals surface area contributed by atoms with Crippen LogP contribution in [0.25, 0.3) is 0 Å². The number of nitriles is 1. The highest BCUT2D eigenvalue weighted by Gasteiger charge is 2.42. The van der Waals surface area contributed by atoms with Gasteiger partial charge < -0.3 is 9.80 Å². The van der Waals surface area contributed by atoms with Crippen LogP contribution < -0.4 is 0 Å². The molecule has 2 amide bonds. The minimum Gasteiger partial charge on any atom is -0.342 e. The second kappa shape index (κ2) is 11.3. The summed E-state index contributed by atoms with van der Waals surface area (Å²) in [6.07, 6.45) is 3.11. The molecular formula is C29H34N4O4S. The third-order valence-electron chi connectivity index (χ3n) is 8.26. The summed E-state index contributed by atoms with van der Waals surface area (Å²) in [4.78, 5) is 30.4. The zero-order valence-electron chi connectivity index (χ0n) is 21.5. The number of sulfonamides is 1. The Hall–Kier alpha value is -3.22. The number of nitrogens with zero attached hydrogens (tertiary/aromatic N) is 4. The molecule has 0 radical (unpaired) electrons. The van der Waals surface area contributed by atoms with Crippen molar-refractivity contribution < 1.29 is 18.0 Å². The topological polar surface area (TPSA) is 102 Å². The highest BCUT2D eigenvalue weighted by molar-refractivity contribution is 7.89. The normalized spacial score (nSPS) is 25.2. The van der Waals surface area contributed by atoms with Crippen LogP contribution in [0.3, 0.4) is 0 Å². The van der Waals surface area contributed by atoms with Crippen molar-refractivity contribution >= 4 is 21.8 Å². The minimum atomic E-state index is -3.80. The van der Waals surface area contributed by atoms with Crippen LogP contribution in [-0.2, 0) is 19.6 Å². The Bertz CT molecular complexity index is 1290. The van der Waals surface area contributed by atoms with Crippen LogP contribution in [0.5, 0.6) is 0 Å². The molecule has 3 heterocycles. The number of hydrogen-bond acceptors (Lipinski definition) is 5. The minimum absolute atomic E-state index is 0.0265. The van der Waals surface area contributed by atoms with Crippen LogP contribution >= 0.6 is 0 Å². The molecule has 3 unspecified atom stereocenters. The lowest BCUT2D eigenvalue weighted by Gasteiger charge is -2.41. The van der Waals surface area contributed by atoms with Gasteiger partial charge in [0.15, 0.2) is 0 Å². The van der Waals surface area contributed by atoms with Crippen molar-refractivity contribution in [2.24, 2.45) is 17.8 Å². The maximum absolute atomic E-state index is 13.7. The molecule has 0 aromatic heterocycles. The smallest absolute Gasteiger partial charge is 0.243 e. The number of piperidine rings is 2. The first-order valence-electron chi connectivity index (χ1n) is 13.5. The van der Waals surface area contributed by atoms with Gasteiger partial charge in [0, 0.05) is 38.6 Å². The fourth-order valence-corrected chi connectivity index (χ4v) is 7.78. The van der Waals surface area contributed by atoms with Gasteiger partial charge in [0.05, 0.1) is 28.8 Å². The maximum Gasteiger partial charge on any atom is 0.243 e. The van der Waals surface area contributed by atoms with Crippen LogP contribution in [0, 0.1) is 29.1 Å². The number of amides is 2. The molecule has 5 rings (SSSR count). The summed E-state index contributed by atoms with van der Waals surface area (Å²) in [6.45, 7) is 2.26. The third kappa shape index (κ3) is 5.33. The number of likely N-dealkylation sites (tertiary alicyclic amines) is 2. The van der Waals surface area contributed by atoms with Crippen molar-refractivity contribution in [2.45, 2.75) is 43.0 Å². The fraction of sp³-hybridized carbons (Fsp3) is 0.483. The summed E-state index contributed by atoms with van der Waals surface area (Å²) < 4.78 is 29.0. The molecule has 3 aliphatic rings. The number of carbonyl (C=O) groups is 2. The summed E-state index contributed by atoms with van der Waals surface area (Å²) in [6, 6.07) is 20.0. The average Bonchev–Trinajstić information content (AvgIpc) is 3.47. The lowest BCUT2D eigenvalue weighted by Crippen LogP contribution is -2.50. The zero-order chi connectivity index (χ0) is 26.7. The molecule has 3 fully saturated rings. The summed E-state index contributed by atoms with van der Waals surface area (Å²) in [5.41, 5.74) is 0.929. The molecule has 0 N–H and O–H groups in total. The molecule has 0 bridgehead atoms. The lowest BCUT2D eigenvalue weighted by molar-refractivity contribution is -0.143. The Kier molecular flexibility index (Phi) is 7.82. The van der Waals surface area contributed by atoms with E-state index in [0.717, 1.165) is 12.0 Å². The van der Waals surface area contributed by atoms with Crippen LogP contribution in [-0.4, -0.2) is 67.1 Å². The van der Waals surface area contributed by atoms with Gasteiger partial charge in [-0.1, -0.05) is 48.5 Å². The van der Waals surface area contributed by atoms with Crippen molar-refractivity contribution in [3.8, 4) is 6.07 Å². The Labute approximate surface area is 224 Å². The van der Waals surface area contributed by atoms with Crippen molar-refractivity contribution in [3.63, 3.8) is 0 Å².